The largest absolute Gasteiger partial charge is 0.394 e. The topological polar surface area (TPSA) is 464 Å². The Kier molecular flexibility index (Phi) is 21.3. The number of carbonyl (C=O) groups excluding carboxylic acids is 12. The van der Waals surface area contributed by atoms with Crippen LogP contribution in [0, 0.1) is 0 Å². The lowest BCUT2D eigenvalue weighted by molar-refractivity contribution is -0.142. The van der Waals surface area contributed by atoms with Gasteiger partial charge in [-0.1, -0.05) is 36.4 Å². The summed E-state index contributed by atoms with van der Waals surface area (Å²) in [7, 11) is 0. The van der Waals surface area contributed by atoms with Crippen molar-refractivity contribution in [2.45, 2.75) is 131 Å². The fraction of sp³-hybridized carbons (Fsp3) is 0.424. The van der Waals surface area contributed by atoms with Gasteiger partial charge in [-0.2, -0.15) is 0 Å². The Morgan fingerprint density at radius 1 is 0.622 bits per heavy atom. The fourth-order valence-corrected chi connectivity index (χ4v) is 11.2. The summed E-state index contributed by atoms with van der Waals surface area (Å²) in [5, 5.41) is 38.4. The summed E-state index contributed by atoms with van der Waals surface area (Å²) < 4.78 is 0. The number of aromatic amines is 4. The standard InChI is InChI=1S/C59H72N18O13/c60-48(79)27-66-58(89)47-13-7-17-77(47)59(90)40-12-5-6-16-63-50(81)22-45(56(87)72-41(52(83)70-40)18-31-23-64-37-10-3-1-8-35(31)37)75-55(86)44(21-34-26-62-30-68-34)74-57(88)46(28-78)76-53(84)42(19-32-24-65-38-11-4-2-9-36(32)38)71-54(85)43(20-33-25-61-29-67-33)73-51(82)39-14-15-49(80)69-39/h1-4,8-11,23-26,29-30,39-47,64-65,78H,5-7,12-22,27-28H2,(H2,60,79)(H,61,67)(H,62,68)(H,63,81)(H,66,89)(H,69,80)(H,70,83)(H,71,85)(H,72,87)(H,73,82)(H,74,88)(H,75,86)(H,76,84)/t39-,40-,41-,42-,43-,44-,45-,46-,47-/m0/s1. The summed E-state index contributed by atoms with van der Waals surface area (Å²) in [4.78, 5) is 187. The Hall–Kier alpha value is -10.5. The van der Waals surface area contributed by atoms with Crippen molar-refractivity contribution >= 4 is 92.7 Å². The molecule has 31 heteroatoms. The summed E-state index contributed by atoms with van der Waals surface area (Å²) in [6.07, 6.45) is 8.98. The third kappa shape index (κ3) is 16.6. The Balaban J connectivity index is 0.944. The van der Waals surface area contributed by atoms with Gasteiger partial charge in [0.1, 0.15) is 54.4 Å². The molecule has 0 unspecified atom stereocenters. The first-order chi connectivity index (χ1) is 43.4. The van der Waals surface area contributed by atoms with E-state index in [1.807, 2.05) is 0 Å². The maximum absolute atomic E-state index is 14.8. The van der Waals surface area contributed by atoms with Crippen LogP contribution in [0.15, 0.2) is 86.0 Å². The zero-order valence-electron chi connectivity index (χ0n) is 48.9. The highest BCUT2D eigenvalue weighted by Crippen LogP contribution is 2.24. The monoisotopic (exact) mass is 1240 g/mol. The number of hydrogen-bond acceptors (Lipinski definition) is 15. The Morgan fingerprint density at radius 2 is 1.23 bits per heavy atom. The van der Waals surface area contributed by atoms with Crippen molar-refractivity contribution < 1.29 is 62.6 Å². The molecule has 3 aliphatic rings. The minimum absolute atomic E-state index is 0.0454. The van der Waals surface area contributed by atoms with E-state index >= 15 is 0 Å². The van der Waals surface area contributed by atoms with Crippen LogP contribution in [0.2, 0.25) is 0 Å². The van der Waals surface area contributed by atoms with Crippen LogP contribution in [0.1, 0.15) is 73.9 Å². The van der Waals surface area contributed by atoms with Crippen molar-refractivity contribution in [3.05, 3.63) is 108 Å². The lowest BCUT2D eigenvalue weighted by Crippen LogP contribution is -2.62. The SMILES string of the molecule is NC(=O)CNC(=O)[C@@H]1CCCN1C(=O)[C@@H]1CCCCNC(=O)C[C@H](NC(=O)[C@H](Cc2cnc[nH]2)NC(=O)[C@H](CO)NC(=O)[C@H](Cc2c[nH]c3ccccc23)NC(=O)[C@H](Cc2cnc[nH]2)NC(=O)[C@@H]2CCC(=O)N2)C(=O)N[C@@H](Cc2c[nH]c3ccccc23)C(=O)N1. The molecule has 6 aromatic rings. The number of aromatic nitrogens is 6. The molecule has 9 rings (SSSR count). The van der Waals surface area contributed by atoms with Gasteiger partial charge in [-0.15, -0.1) is 0 Å². The minimum atomic E-state index is -1.80. The molecule has 3 fully saturated rings. The van der Waals surface area contributed by atoms with Gasteiger partial charge >= 0.3 is 0 Å². The summed E-state index contributed by atoms with van der Waals surface area (Å²) in [5.74, 6) is -9.42. The quantitative estimate of drug-likeness (QED) is 0.0294. The molecule has 31 nitrogen and oxygen atoms in total. The molecule has 90 heavy (non-hydrogen) atoms. The summed E-state index contributed by atoms with van der Waals surface area (Å²) in [6.45, 7) is -1.28. The number of nitrogens with one attached hydrogen (secondary N) is 14. The van der Waals surface area contributed by atoms with Crippen LogP contribution < -0.4 is 58.9 Å². The molecule has 7 heterocycles. The number of imidazole rings is 2. The van der Waals surface area contributed by atoms with Crippen LogP contribution in [-0.2, 0) is 83.2 Å². The van der Waals surface area contributed by atoms with Gasteiger partial charge in [0.2, 0.25) is 70.9 Å². The smallest absolute Gasteiger partial charge is 0.245 e. The first-order valence-electron chi connectivity index (χ1n) is 29.6. The van der Waals surface area contributed by atoms with E-state index in [9.17, 15) is 62.6 Å². The number of carbonyl (C=O) groups is 12. The predicted octanol–water partition coefficient (Wildman–Crippen LogP) is -3.69. The van der Waals surface area contributed by atoms with Crippen LogP contribution in [0.4, 0.5) is 0 Å². The molecular formula is C59H72N18O13. The molecule has 0 aliphatic carbocycles. The number of benzene rings is 2. The van der Waals surface area contributed by atoms with E-state index in [1.165, 1.54) is 29.9 Å². The van der Waals surface area contributed by atoms with E-state index < -0.39 is 139 Å². The van der Waals surface area contributed by atoms with Gasteiger partial charge in [-0.3, -0.25) is 57.5 Å². The summed E-state index contributed by atoms with van der Waals surface area (Å²) in [6, 6.07) is 1.78. The molecule has 4 aromatic heterocycles. The summed E-state index contributed by atoms with van der Waals surface area (Å²) in [5.41, 5.74) is 8.55. The highest BCUT2D eigenvalue weighted by molar-refractivity contribution is 6.01. The van der Waals surface area contributed by atoms with Crippen LogP contribution in [0.25, 0.3) is 21.8 Å². The van der Waals surface area contributed by atoms with E-state index in [0.717, 1.165) is 0 Å². The molecule has 3 saturated heterocycles. The van der Waals surface area contributed by atoms with Gasteiger partial charge in [0, 0.05) is 103 Å². The van der Waals surface area contributed by atoms with E-state index in [-0.39, 0.29) is 70.4 Å². The lowest BCUT2D eigenvalue weighted by Gasteiger charge is -2.30. The maximum atomic E-state index is 14.8. The average Bonchev–Trinajstić information content (AvgIpc) is 4.10. The van der Waals surface area contributed by atoms with E-state index in [4.69, 9.17) is 5.73 Å². The molecule has 3 aliphatic heterocycles. The second kappa shape index (κ2) is 30.0. The zero-order chi connectivity index (χ0) is 63.8. The number of nitrogens with zero attached hydrogens (tertiary/aromatic N) is 3. The number of rotatable bonds is 23. The van der Waals surface area contributed by atoms with Gasteiger partial charge in [-0.05, 0) is 61.8 Å². The Morgan fingerprint density at radius 3 is 1.86 bits per heavy atom. The molecular weight excluding hydrogens is 1170 g/mol. The number of fused-ring (bicyclic) bond motifs is 2. The number of H-pyrrole nitrogens is 4. The van der Waals surface area contributed by atoms with Crippen molar-refractivity contribution in [2.24, 2.45) is 5.73 Å². The normalized spacial score (nSPS) is 20.4. The van der Waals surface area contributed by atoms with Gasteiger partial charge in [0.05, 0.1) is 32.2 Å². The number of amides is 12. The average molecular weight is 1240 g/mol. The van der Waals surface area contributed by atoms with Gasteiger partial charge < -0.3 is 88.8 Å². The molecule has 0 bridgehead atoms. The third-order valence-corrected chi connectivity index (χ3v) is 16.0. The Labute approximate surface area is 513 Å². The number of para-hydroxylation sites is 2. The van der Waals surface area contributed by atoms with Crippen LogP contribution in [-0.4, -0.2) is 191 Å². The van der Waals surface area contributed by atoms with Gasteiger partial charge in [0.15, 0.2) is 0 Å². The first kappa shape index (κ1) is 64.0. The molecule has 17 N–H and O–H groups in total. The third-order valence-electron chi connectivity index (χ3n) is 16.0. The highest BCUT2D eigenvalue weighted by Gasteiger charge is 2.40. The van der Waals surface area contributed by atoms with Gasteiger partial charge in [-0.25, -0.2) is 9.97 Å². The molecule has 476 valence electrons. The number of aliphatic hydroxyl groups is 1. The Bertz CT molecular complexity index is 3600. The number of aliphatic hydroxyl groups excluding tert-OH is 1. The lowest BCUT2D eigenvalue weighted by atomic mass is 10.0. The fourth-order valence-electron chi connectivity index (χ4n) is 11.2. The number of likely N-dealkylation sites (tertiary alicyclic amines) is 1. The van der Waals surface area contributed by atoms with E-state index in [0.29, 0.717) is 63.6 Å². The number of primary amides is 1. The molecule has 2 aromatic carbocycles. The van der Waals surface area contributed by atoms with Crippen molar-refractivity contribution in [2.75, 3.05) is 26.2 Å². The van der Waals surface area contributed by atoms with Crippen LogP contribution in [0.3, 0.4) is 0 Å². The van der Waals surface area contributed by atoms with Gasteiger partial charge in [0.25, 0.3) is 0 Å². The first-order valence-corrected chi connectivity index (χ1v) is 29.6. The predicted molar refractivity (Wildman–Crippen MR) is 319 cm³/mol. The van der Waals surface area contributed by atoms with Crippen molar-refractivity contribution in [3.8, 4) is 0 Å². The second-order valence-electron chi connectivity index (χ2n) is 22.4. The zero-order valence-corrected chi connectivity index (χ0v) is 48.9. The molecule has 0 saturated carbocycles. The minimum Gasteiger partial charge on any atom is -0.394 e. The number of nitrogens with two attached hydrogens (primary N) is 1. The van der Waals surface area contributed by atoms with Crippen LogP contribution >= 0.6 is 0 Å². The molecule has 12 amide bonds. The maximum Gasteiger partial charge on any atom is 0.245 e. The van der Waals surface area contributed by atoms with E-state index in [2.05, 4.69) is 83.1 Å². The number of hydrogen-bond donors (Lipinski definition) is 16. The molecule has 0 spiro atoms. The van der Waals surface area contributed by atoms with Crippen LogP contribution in [0.5, 0.6) is 0 Å². The van der Waals surface area contributed by atoms with Crippen molar-refractivity contribution in [3.63, 3.8) is 0 Å². The van der Waals surface area contributed by atoms with E-state index in [1.54, 1.807) is 60.9 Å². The van der Waals surface area contributed by atoms with Crippen molar-refractivity contribution in [1.82, 2.24) is 88.0 Å². The summed E-state index contributed by atoms with van der Waals surface area (Å²) >= 11 is 0. The molecule has 9 atom stereocenters. The molecule has 0 radical (unpaired) electrons. The van der Waals surface area contributed by atoms with Crippen molar-refractivity contribution in [1.29, 1.82) is 0 Å². The highest BCUT2D eigenvalue weighted by atomic mass is 16.3. The second-order valence-corrected chi connectivity index (χ2v) is 22.4.